The van der Waals surface area contributed by atoms with Crippen molar-refractivity contribution in [3.8, 4) is 0 Å². The lowest BCUT2D eigenvalue weighted by molar-refractivity contribution is -0.139. The van der Waals surface area contributed by atoms with Crippen LogP contribution < -0.4 is 5.32 Å². The Bertz CT molecular complexity index is 1090. The molecule has 1 amide bonds. The van der Waals surface area contributed by atoms with Crippen LogP contribution in [0.5, 0.6) is 0 Å². The van der Waals surface area contributed by atoms with Gasteiger partial charge in [0.25, 0.3) is 5.91 Å². The molecule has 3 aromatic rings. The van der Waals surface area contributed by atoms with Crippen LogP contribution in [0.25, 0.3) is 10.8 Å². The van der Waals surface area contributed by atoms with Crippen LogP contribution in [0.4, 0.5) is 29.1 Å². The zero-order valence-electron chi connectivity index (χ0n) is 15.4. The quantitative estimate of drug-likeness (QED) is 0.531. The largest absolute Gasteiger partial charge is 0.419 e. The van der Waals surface area contributed by atoms with E-state index in [2.05, 4.69) is 10.3 Å². The van der Waals surface area contributed by atoms with Gasteiger partial charge in [0.05, 0.1) is 16.8 Å². The minimum Gasteiger partial charge on any atom is -0.342 e. The highest BCUT2D eigenvalue weighted by Gasteiger charge is 2.35. The molecule has 0 fully saturated rings. The van der Waals surface area contributed by atoms with E-state index in [4.69, 9.17) is 11.6 Å². The average molecular weight is 426 g/mol. The maximum atomic E-state index is 14.4. The monoisotopic (exact) mass is 425 g/mol. The summed E-state index contributed by atoms with van der Waals surface area (Å²) in [6.07, 6.45) is -3.56. The number of nitrogens with one attached hydrogen (secondary N) is 1. The summed E-state index contributed by atoms with van der Waals surface area (Å²) < 4.78 is 53.3. The number of pyridine rings is 1. The summed E-state index contributed by atoms with van der Waals surface area (Å²) in [6.45, 7) is 2.27. The second-order valence-corrected chi connectivity index (χ2v) is 6.70. The van der Waals surface area contributed by atoms with Crippen molar-refractivity contribution >= 4 is 39.8 Å². The predicted octanol–water partition coefficient (Wildman–Crippen LogP) is 5.88. The summed E-state index contributed by atoms with van der Waals surface area (Å²) in [4.78, 5) is 18.3. The number of hydrogen-bond donors (Lipinski definition) is 1. The number of carbonyl (C=O) groups excluding carboxylic acids is 1. The van der Waals surface area contributed by atoms with E-state index in [1.807, 2.05) is 6.92 Å². The Morgan fingerprint density at radius 2 is 1.90 bits per heavy atom. The molecule has 0 bridgehead atoms. The second-order valence-electron chi connectivity index (χ2n) is 6.29. The summed E-state index contributed by atoms with van der Waals surface area (Å²) in [6, 6.07) is 7.72. The number of benzene rings is 2. The second kappa shape index (κ2) is 7.87. The number of anilines is 2. The van der Waals surface area contributed by atoms with E-state index >= 15 is 0 Å². The molecule has 0 unspecified atom stereocenters. The third-order valence-corrected chi connectivity index (χ3v) is 4.78. The van der Waals surface area contributed by atoms with Crippen molar-refractivity contribution in [3.05, 3.63) is 64.6 Å². The highest BCUT2D eigenvalue weighted by Crippen LogP contribution is 2.36. The van der Waals surface area contributed by atoms with Crippen LogP contribution in [0.1, 0.15) is 22.8 Å². The first-order valence-electron chi connectivity index (χ1n) is 8.60. The zero-order valence-corrected chi connectivity index (χ0v) is 16.2. The Morgan fingerprint density at radius 3 is 2.55 bits per heavy atom. The lowest BCUT2D eigenvalue weighted by Crippen LogP contribution is -2.26. The smallest absolute Gasteiger partial charge is 0.342 e. The Kier molecular flexibility index (Phi) is 5.66. The normalized spacial score (nSPS) is 11.6. The number of nitrogens with zero attached hydrogens (tertiary/aromatic N) is 2. The van der Waals surface area contributed by atoms with Gasteiger partial charge in [-0.1, -0.05) is 29.8 Å². The molecule has 152 valence electrons. The van der Waals surface area contributed by atoms with Gasteiger partial charge in [0.15, 0.2) is 5.82 Å². The maximum absolute atomic E-state index is 14.4. The summed E-state index contributed by atoms with van der Waals surface area (Å²) in [5.41, 5.74) is -1.54. The average Bonchev–Trinajstić information content (AvgIpc) is 2.68. The molecule has 0 aliphatic rings. The molecule has 0 atom stereocenters. The molecule has 4 nitrogen and oxygen atoms in total. The van der Waals surface area contributed by atoms with Crippen molar-refractivity contribution in [2.75, 3.05) is 18.9 Å². The van der Waals surface area contributed by atoms with Crippen molar-refractivity contribution in [2.45, 2.75) is 13.1 Å². The van der Waals surface area contributed by atoms with Crippen LogP contribution in [0.15, 0.2) is 42.6 Å². The molecule has 9 heteroatoms. The molecule has 2 aromatic carbocycles. The van der Waals surface area contributed by atoms with Crippen LogP contribution in [0, 0.1) is 5.82 Å². The van der Waals surface area contributed by atoms with Gasteiger partial charge in [-0.25, -0.2) is 9.37 Å². The summed E-state index contributed by atoms with van der Waals surface area (Å²) in [7, 11) is 1.62. The van der Waals surface area contributed by atoms with E-state index in [0.29, 0.717) is 23.4 Å². The highest BCUT2D eigenvalue weighted by atomic mass is 35.5. The Labute approximate surface area is 169 Å². The molecular weight excluding hydrogens is 410 g/mol. The van der Waals surface area contributed by atoms with E-state index in [-0.39, 0.29) is 22.3 Å². The first-order valence-corrected chi connectivity index (χ1v) is 8.98. The number of aromatic nitrogens is 1. The standard InChI is InChI=1S/C20H16ClF4N3O/c1-3-28(2)19(29)12-10-26-18(11-6-4-8-14(21)16(11)12)27-15-9-5-7-13(17(15)22)20(23,24)25/h4-10H,3H2,1-2H3,(H,26,27). The predicted molar refractivity (Wildman–Crippen MR) is 104 cm³/mol. The van der Waals surface area contributed by atoms with Gasteiger partial charge in [0.1, 0.15) is 5.82 Å². The SMILES string of the molecule is CCN(C)C(=O)c1cnc(Nc2cccc(C(F)(F)F)c2F)c2cccc(Cl)c12. The van der Waals surface area contributed by atoms with Gasteiger partial charge in [-0.2, -0.15) is 13.2 Å². The van der Waals surface area contributed by atoms with Crippen molar-refractivity contribution < 1.29 is 22.4 Å². The molecule has 3 rings (SSSR count). The van der Waals surface area contributed by atoms with E-state index in [9.17, 15) is 22.4 Å². The maximum Gasteiger partial charge on any atom is 0.419 e. The minimum atomic E-state index is -4.83. The summed E-state index contributed by atoms with van der Waals surface area (Å²) >= 11 is 6.30. The van der Waals surface area contributed by atoms with E-state index < -0.39 is 23.2 Å². The third-order valence-electron chi connectivity index (χ3n) is 4.47. The zero-order chi connectivity index (χ0) is 21.3. The van der Waals surface area contributed by atoms with Crippen molar-refractivity contribution in [2.24, 2.45) is 0 Å². The molecular formula is C20H16ClF4N3O. The molecule has 0 spiro atoms. The van der Waals surface area contributed by atoms with Crippen LogP contribution in [0.2, 0.25) is 5.02 Å². The molecule has 0 radical (unpaired) electrons. The van der Waals surface area contributed by atoms with Crippen molar-refractivity contribution in [3.63, 3.8) is 0 Å². The number of halogens is 5. The van der Waals surface area contributed by atoms with E-state index in [0.717, 1.165) is 6.07 Å². The number of carbonyl (C=O) groups is 1. The van der Waals surface area contributed by atoms with Crippen LogP contribution in [-0.4, -0.2) is 29.4 Å². The van der Waals surface area contributed by atoms with Gasteiger partial charge in [-0.3, -0.25) is 4.79 Å². The topological polar surface area (TPSA) is 45.2 Å². The van der Waals surface area contributed by atoms with E-state index in [1.165, 1.54) is 17.2 Å². The Hall–Kier alpha value is -2.87. The first kappa shape index (κ1) is 20.9. The molecule has 1 aromatic heterocycles. The number of amides is 1. The lowest BCUT2D eigenvalue weighted by Gasteiger charge is -2.18. The molecule has 0 saturated carbocycles. The third kappa shape index (κ3) is 3.98. The summed E-state index contributed by atoms with van der Waals surface area (Å²) in [5.74, 6) is -1.67. The van der Waals surface area contributed by atoms with Crippen molar-refractivity contribution in [1.29, 1.82) is 0 Å². The number of alkyl halides is 3. The first-order chi connectivity index (χ1) is 13.6. The van der Waals surface area contributed by atoms with Gasteiger partial charge in [-0.15, -0.1) is 0 Å². The number of hydrogen-bond acceptors (Lipinski definition) is 3. The molecule has 0 aliphatic carbocycles. The molecule has 1 heterocycles. The van der Waals surface area contributed by atoms with Gasteiger partial charge >= 0.3 is 6.18 Å². The van der Waals surface area contributed by atoms with Crippen LogP contribution >= 0.6 is 11.6 Å². The number of fused-ring (bicyclic) bond motifs is 1. The molecule has 1 N–H and O–H groups in total. The van der Waals surface area contributed by atoms with Gasteiger partial charge in [0.2, 0.25) is 0 Å². The minimum absolute atomic E-state index is 0.0800. The van der Waals surface area contributed by atoms with Gasteiger partial charge in [-0.05, 0) is 25.1 Å². The van der Waals surface area contributed by atoms with E-state index in [1.54, 1.807) is 25.2 Å². The van der Waals surface area contributed by atoms with Crippen LogP contribution in [-0.2, 0) is 6.18 Å². The Balaban J connectivity index is 2.14. The number of rotatable bonds is 4. The summed E-state index contributed by atoms with van der Waals surface area (Å²) in [5, 5.41) is 3.62. The van der Waals surface area contributed by atoms with Crippen molar-refractivity contribution in [1.82, 2.24) is 9.88 Å². The van der Waals surface area contributed by atoms with Crippen LogP contribution in [0.3, 0.4) is 0 Å². The van der Waals surface area contributed by atoms with Gasteiger partial charge in [0, 0.05) is 35.6 Å². The van der Waals surface area contributed by atoms with Gasteiger partial charge < -0.3 is 10.2 Å². The fourth-order valence-electron chi connectivity index (χ4n) is 2.84. The fraction of sp³-hybridized carbons (Fsp3) is 0.200. The molecule has 0 saturated heterocycles. The Morgan fingerprint density at radius 1 is 1.21 bits per heavy atom. The molecule has 29 heavy (non-hydrogen) atoms. The highest BCUT2D eigenvalue weighted by molar-refractivity contribution is 6.37. The molecule has 0 aliphatic heterocycles. The fourth-order valence-corrected chi connectivity index (χ4v) is 3.12. The lowest BCUT2D eigenvalue weighted by atomic mass is 10.1.